The first kappa shape index (κ1) is 7.03. The van der Waals surface area contributed by atoms with Crippen molar-refractivity contribution in [2.24, 2.45) is 17.8 Å². The van der Waals surface area contributed by atoms with Gasteiger partial charge in [-0.05, 0) is 17.8 Å². The first-order valence-electron chi connectivity index (χ1n) is 3.47. The molecule has 0 aromatic carbocycles. The Bertz CT molecular complexity index is 95.1. The normalized spacial score (nSPS) is 44.7. The Morgan fingerprint density at radius 3 is 2.11 bits per heavy atom. The predicted octanol–water partition coefficient (Wildman–Crippen LogP) is 0.242. The van der Waals surface area contributed by atoms with Crippen molar-refractivity contribution in [3.8, 4) is 0 Å². The Hall–Kier alpha value is -0.0800. The van der Waals surface area contributed by atoms with E-state index < -0.39 is 0 Å². The van der Waals surface area contributed by atoms with Gasteiger partial charge in [0.1, 0.15) is 0 Å². The topological polar surface area (TPSA) is 40.5 Å². The third kappa shape index (κ3) is 1.10. The molecule has 1 aliphatic carbocycles. The molecule has 1 rings (SSSR count). The van der Waals surface area contributed by atoms with Gasteiger partial charge in [-0.25, -0.2) is 0 Å². The molecule has 1 aliphatic rings. The van der Waals surface area contributed by atoms with Gasteiger partial charge in [0, 0.05) is 6.61 Å². The van der Waals surface area contributed by atoms with E-state index in [1.54, 1.807) is 0 Å². The van der Waals surface area contributed by atoms with Gasteiger partial charge in [0.05, 0.1) is 6.10 Å². The number of aliphatic hydroxyl groups is 2. The minimum atomic E-state index is -0.146. The van der Waals surface area contributed by atoms with Crippen LogP contribution in [-0.2, 0) is 0 Å². The molecular weight excluding hydrogens is 116 g/mol. The average molecular weight is 130 g/mol. The first-order valence-corrected chi connectivity index (χ1v) is 3.47. The molecule has 1 fully saturated rings. The molecular formula is C7H14O2. The van der Waals surface area contributed by atoms with Gasteiger partial charge in [-0.15, -0.1) is 0 Å². The second kappa shape index (κ2) is 2.27. The van der Waals surface area contributed by atoms with Crippen molar-refractivity contribution in [2.45, 2.75) is 20.0 Å². The molecule has 0 aliphatic heterocycles. The van der Waals surface area contributed by atoms with Crippen molar-refractivity contribution < 1.29 is 10.2 Å². The molecule has 0 spiro atoms. The highest BCUT2D eigenvalue weighted by molar-refractivity contribution is 4.96. The standard InChI is InChI=1S/C7H14O2/c1-4(3-8)6-5(2)7(6)9/h4-9H,3H2,1-2H3/t4-,5-,6-,7+/m0/s1. The molecule has 0 radical (unpaired) electrons. The average Bonchev–Trinajstić information content (AvgIpc) is 2.40. The summed E-state index contributed by atoms with van der Waals surface area (Å²) in [4.78, 5) is 0. The maximum atomic E-state index is 9.09. The zero-order valence-corrected chi connectivity index (χ0v) is 5.91. The van der Waals surface area contributed by atoms with Gasteiger partial charge >= 0.3 is 0 Å². The molecule has 2 heteroatoms. The van der Waals surface area contributed by atoms with Gasteiger partial charge in [-0.1, -0.05) is 13.8 Å². The lowest BCUT2D eigenvalue weighted by molar-refractivity contribution is 0.186. The van der Waals surface area contributed by atoms with Gasteiger partial charge in [0.25, 0.3) is 0 Å². The van der Waals surface area contributed by atoms with Crippen LogP contribution in [-0.4, -0.2) is 22.9 Å². The zero-order chi connectivity index (χ0) is 7.02. The summed E-state index contributed by atoms with van der Waals surface area (Å²) in [5, 5.41) is 17.8. The summed E-state index contributed by atoms with van der Waals surface area (Å²) < 4.78 is 0. The van der Waals surface area contributed by atoms with Crippen molar-refractivity contribution in [3.05, 3.63) is 0 Å². The first-order chi connectivity index (χ1) is 4.18. The van der Waals surface area contributed by atoms with Gasteiger partial charge in [-0.3, -0.25) is 0 Å². The van der Waals surface area contributed by atoms with Gasteiger partial charge in [0.15, 0.2) is 0 Å². The summed E-state index contributed by atoms with van der Waals surface area (Å²) in [5.41, 5.74) is 0. The molecule has 0 unspecified atom stereocenters. The van der Waals surface area contributed by atoms with Crippen LogP contribution in [0.5, 0.6) is 0 Å². The fourth-order valence-corrected chi connectivity index (χ4v) is 1.45. The fourth-order valence-electron chi connectivity index (χ4n) is 1.45. The summed E-state index contributed by atoms with van der Waals surface area (Å²) in [6.45, 7) is 4.19. The van der Waals surface area contributed by atoms with Crippen molar-refractivity contribution in [1.82, 2.24) is 0 Å². The molecule has 54 valence electrons. The highest BCUT2D eigenvalue weighted by Crippen LogP contribution is 2.43. The smallest absolute Gasteiger partial charge is 0.0604 e. The molecule has 4 atom stereocenters. The lowest BCUT2D eigenvalue weighted by Crippen LogP contribution is -2.05. The maximum absolute atomic E-state index is 9.09. The molecule has 0 heterocycles. The molecule has 2 N–H and O–H groups in total. The Kier molecular flexibility index (Phi) is 1.78. The van der Waals surface area contributed by atoms with Crippen LogP contribution in [0.4, 0.5) is 0 Å². The Morgan fingerprint density at radius 2 is 2.00 bits per heavy atom. The van der Waals surface area contributed by atoms with Crippen LogP contribution >= 0.6 is 0 Å². The van der Waals surface area contributed by atoms with Crippen LogP contribution in [0.25, 0.3) is 0 Å². The number of hydrogen-bond donors (Lipinski definition) is 2. The number of aliphatic hydroxyl groups excluding tert-OH is 2. The van der Waals surface area contributed by atoms with Crippen LogP contribution in [0.1, 0.15) is 13.8 Å². The highest BCUT2D eigenvalue weighted by Gasteiger charge is 2.48. The van der Waals surface area contributed by atoms with Crippen LogP contribution in [0.3, 0.4) is 0 Å². The van der Waals surface area contributed by atoms with Crippen LogP contribution < -0.4 is 0 Å². The second-order valence-corrected chi connectivity index (χ2v) is 3.09. The highest BCUT2D eigenvalue weighted by atomic mass is 16.3. The molecule has 0 aromatic heterocycles. The van der Waals surface area contributed by atoms with E-state index in [1.807, 2.05) is 13.8 Å². The monoisotopic (exact) mass is 130 g/mol. The lowest BCUT2D eigenvalue weighted by atomic mass is 10.1. The summed E-state index contributed by atoms with van der Waals surface area (Å²) >= 11 is 0. The molecule has 9 heavy (non-hydrogen) atoms. The summed E-state index contributed by atoms with van der Waals surface area (Å²) in [6.07, 6.45) is -0.146. The van der Waals surface area contributed by atoms with Crippen molar-refractivity contribution >= 4 is 0 Å². The molecule has 1 saturated carbocycles. The largest absolute Gasteiger partial charge is 0.396 e. The van der Waals surface area contributed by atoms with E-state index in [-0.39, 0.29) is 18.6 Å². The second-order valence-electron chi connectivity index (χ2n) is 3.09. The molecule has 0 saturated heterocycles. The Balaban J connectivity index is 2.31. The SMILES string of the molecule is C[C@@H]1[C@@H](O)[C@H]1[C@@H](C)CO. The number of hydrogen-bond acceptors (Lipinski definition) is 2. The number of rotatable bonds is 2. The van der Waals surface area contributed by atoms with Crippen LogP contribution in [0, 0.1) is 17.8 Å². The summed E-state index contributed by atoms with van der Waals surface area (Å²) in [7, 11) is 0. The predicted molar refractivity (Wildman–Crippen MR) is 34.9 cm³/mol. The van der Waals surface area contributed by atoms with E-state index >= 15 is 0 Å². The summed E-state index contributed by atoms with van der Waals surface area (Å²) in [6, 6.07) is 0. The summed E-state index contributed by atoms with van der Waals surface area (Å²) in [5.74, 6) is 1.04. The van der Waals surface area contributed by atoms with Crippen molar-refractivity contribution in [2.75, 3.05) is 6.61 Å². The van der Waals surface area contributed by atoms with Gasteiger partial charge < -0.3 is 10.2 Å². The molecule has 2 nitrogen and oxygen atoms in total. The van der Waals surface area contributed by atoms with Gasteiger partial charge in [-0.2, -0.15) is 0 Å². The third-order valence-electron chi connectivity index (χ3n) is 2.34. The van der Waals surface area contributed by atoms with Crippen molar-refractivity contribution in [1.29, 1.82) is 0 Å². The van der Waals surface area contributed by atoms with E-state index in [1.165, 1.54) is 0 Å². The van der Waals surface area contributed by atoms with Crippen molar-refractivity contribution in [3.63, 3.8) is 0 Å². The zero-order valence-electron chi connectivity index (χ0n) is 5.91. The minimum Gasteiger partial charge on any atom is -0.396 e. The Labute approximate surface area is 55.5 Å². The van der Waals surface area contributed by atoms with E-state index in [0.29, 0.717) is 11.8 Å². The third-order valence-corrected chi connectivity index (χ3v) is 2.34. The van der Waals surface area contributed by atoms with E-state index in [9.17, 15) is 0 Å². The van der Waals surface area contributed by atoms with E-state index in [4.69, 9.17) is 10.2 Å². The Morgan fingerprint density at radius 1 is 1.56 bits per heavy atom. The minimum absolute atomic E-state index is 0.146. The van der Waals surface area contributed by atoms with Crippen LogP contribution in [0.2, 0.25) is 0 Å². The van der Waals surface area contributed by atoms with E-state index in [2.05, 4.69) is 0 Å². The molecule has 0 amide bonds. The van der Waals surface area contributed by atoms with E-state index in [0.717, 1.165) is 0 Å². The lowest BCUT2D eigenvalue weighted by Gasteiger charge is -2.03. The molecule has 0 bridgehead atoms. The van der Waals surface area contributed by atoms with Gasteiger partial charge in [0.2, 0.25) is 0 Å². The van der Waals surface area contributed by atoms with Crippen LogP contribution in [0.15, 0.2) is 0 Å². The quantitative estimate of drug-likeness (QED) is 0.562. The fraction of sp³-hybridized carbons (Fsp3) is 1.00. The molecule has 0 aromatic rings. The maximum Gasteiger partial charge on any atom is 0.0604 e.